The maximum Gasteiger partial charge on any atom is 0.170 e. The predicted octanol–water partition coefficient (Wildman–Crippen LogP) is 1.44. The summed E-state index contributed by atoms with van der Waals surface area (Å²) in [5.74, 6) is 0.111. The zero-order valence-corrected chi connectivity index (χ0v) is 11.0. The fourth-order valence-corrected chi connectivity index (χ4v) is 1.87. The van der Waals surface area contributed by atoms with Crippen molar-refractivity contribution in [2.24, 2.45) is 17.9 Å². The van der Waals surface area contributed by atoms with Crippen molar-refractivity contribution in [1.29, 1.82) is 0 Å². The lowest BCUT2D eigenvalue weighted by Gasteiger charge is -2.06. The van der Waals surface area contributed by atoms with Crippen LogP contribution in [0.15, 0.2) is 35.6 Å². The molecule has 0 saturated carbocycles. The summed E-state index contributed by atoms with van der Waals surface area (Å²) in [5.41, 5.74) is 9.26. The molecule has 2 rings (SSSR count). The molecule has 4 N–H and O–H groups in total. The molecule has 2 aromatic rings. The van der Waals surface area contributed by atoms with Crippen LogP contribution >= 0.6 is 0 Å². The second-order valence-corrected chi connectivity index (χ2v) is 4.34. The number of anilines is 1. The highest BCUT2D eigenvalue weighted by atomic mass is 16.4. The number of nitrogens with zero attached hydrogens (tertiary/aromatic N) is 3. The van der Waals surface area contributed by atoms with Crippen molar-refractivity contribution in [3.63, 3.8) is 0 Å². The summed E-state index contributed by atoms with van der Waals surface area (Å²) in [4.78, 5) is 0. The van der Waals surface area contributed by atoms with Crippen molar-refractivity contribution in [1.82, 2.24) is 9.78 Å². The summed E-state index contributed by atoms with van der Waals surface area (Å²) in [6, 6.07) is 7.54. The third-order valence-corrected chi connectivity index (χ3v) is 2.83. The molecule has 100 valence electrons. The minimum atomic E-state index is 0.111. The van der Waals surface area contributed by atoms with E-state index in [4.69, 9.17) is 10.9 Å². The Morgan fingerprint density at radius 2 is 2.32 bits per heavy atom. The lowest BCUT2D eigenvalue weighted by molar-refractivity contribution is 0.318. The molecule has 0 radical (unpaired) electrons. The largest absolute Gasteiger partial charge is 0.409 e. The van der Waals surface area contributed by atoms with Gasteiger partial charge in [-0.15, -0.1) is 0 Å². The average Bonchev–Trinajstić information content (AvgIpc) is 2.74. The number of oxime groups is 1. The number of amidine groups is 1. The number of aromatic nitrogens is 2. The predicted molar refractivity (Wildman–Crippen MR) is 74.2 cm³/mol. The summed E-state index contributed by atoms with van der Waals surface area (Å²) in [7, 11) is 1.89. The van der Waals surface area contributed by atoms with E-state index in [0.717, 1.165) is 16.9 Å². The second-order valence-electron chi connectivity index (χ2n) is 4.34. The minimum absolute atomic E-state index is 0.111. The molecule has 0 aliphatic heterocycles. The Bertz CT molecular complexity index is 603. The molecular formula is C13H17N5O. The van der Waals surface area contributed by atoms with E-state index in [1.54, 1.807) is 10.7 Å². The molecule has 1 heterocycles. The van der Waals surface area contributed by atoms with Crippen molar-refractivity contribution in [3.05, 3.63) is 47.3 Å². The molecule has 0 aliphatic rings. The number of rotatable bonds is 4. The highest BCUT2D eigenvalue weighted by Crippen LogP contribution is 2.13. The smallest absolute Gasteiger partial charge is 0.170 e. The maximum atomic E-state index is 8.66. The SMILES string of the molecule is Cc1nn(C)cc1NCc1cccc(/C(N)=N/O)c1. The number of hydrogen-bond donors (Lipinski definition) is 3. The van der Waals surface area contributed by atoms with Crippen LogP contribution in [0.5, 0.6) is 0 Å². The van der Waals surface area contributed by atoms with Crippen molar-refractivity contribution < 1.29 is 5.21 Å². The number of nitrogens with one attached hydrogen (secondary N) is 1. The summed E-state index contributed by atoms with van der Waals surface area (Å²) >= 11 is 0. The fraction of sp³-hybridized carbons (Fsp3) is 0.231. The third kappa shape index (κ3) is 3.04. The molecule has 6 heteroatoms. The lowest BCUT2D eigenvalue weighted by Crippen LogP contribution is -2.13. The van der Waals surface area contributed by atoms with E-state index in [1.807, 2.05) is 38.4 Å². The van der Waals surface area contributed by atoms with E-state index in [-0.39, 0.29) is 5.84 Å². The van der Waals surface area contributed by atoms with Crippen molar-refractivity contribution in [3.8, 4) is 0 Å². The molecule has 19 heavy (non-hydrogen) atoms. The number of benzene rings is 1. The number of aryl methyl sites for hydroxylation is 2. The van der Waals surface area contributed by atoms with Crippen LogP contribution in [-0.4, -0.2) is 20.8 Å². The Morgan fingerprint density at radius 3 is 2.95 bits per heavy atom. The Labute approximate surface area is 111 Å². The van der Waals surface area contributed by atoms with E-state index in [0.29, 0.717) is 12.1 Å². The van der Waals surface area contributed by atoms with Crippen LogP contribution in [0.2, 0.25) is 0 Å². The first-order valence-electron chi connectivity index (χ1n) is 5.91. The Kier molecular flexibility index (Phi) is 3.70. The topological polar surface area (TPSA) is 88.5 Å². The number of hydrogen-bond acceptors (Lipinski definition) is 4. The van der Waals surface area contributed by atoms with Crippen LogP contribution in [0.25, 0.3) is 0 Å². The van der Waals surface area contributed by atoms with Crippen LogP contribution in [0, 0.1) is 6.92 Å². The first-order valence-corrected chi connectivity index (χ1v) is 5.91. The highest BCUT2D eigenvalue weighted by molar-refractivity contribution is 5.97. The third-order valence-electron chi connectivity index (χ3n) is 2.83. The van der Waals surface area contributed by atoms with E-state index in [2.05, 4.69) is 15.6 Å². The molecule has 0 bridgehead atoms. The van der Waals surface area contributed by atoms with Gasteiger partial charge in [0.2, 0.25) is 0 Å². The average molecular weight is 259 g/mol. The number of nitrogens with two attached hydrogens (primary N) is 1. The van der Waals surface area contributed by atoms with Gasteiger partial charge < -0.3 is 16.3 Å². The normalized spacial score (nSPS) is 11.6. The molecule has 0 atom stereocenters. The van der Waals surface area contributed by atoms with Gasteiger partial charge in [-0.2, -0.15) is 5.10 Å². The van der Waals surface area contributed by atoms with Gasteiger partial charge in [-0.3, -0.25) is 4.68 Å². The standard InChI is InChI=1S/C13H17N5O/c1-9-12(8-18(2)16-9)15-7-10-4-3-5-11(6-10)13(14)17-19/h3-6,8,15,19H,7H2,1-2H3,(H2,14,17). The van der Waals surface area contributed by atoms with Crippen molar-refractivity contribution in [2.45, 2.75) is 13.5 Å². The van der Waals surface area contributed by atoms with E-state index in [1.165, 1.54) is 0 Å². The first-order chi connectivity index (χ1) is 9.10. The fourth-order valence-electron chi connectivity index (χ4n) is 1.87. The molecule has 0 aliphatic carbocycles. The van der Waals surface area contributed by atoms with Crippen molar-refractivity contribution in [2.75, 3.05) is 5.32 Å². The van der Waals surface area contributed by atoms with Gasteiger partial charge in [0, 0.05) is 25.4 Å². The van der Waals surface area contributed by atoms with Crippen molar-refractivity contribution >= 4 is 11.5 Å². The zero-order chi connectivity index (χ0) is 13.8. The molecule has 1 aromatic heterocycles. The minimum Gasteiger partial charge on any atom is -0.409 e. The van der Waals surface area contributed by atoms with Crippen LogP contribution in [0.4, 0.5) is 5.69 Å². The van der Waals surface area contributed by atoms with Gasteiger partial charge in [-0.25, -0.2) is 0 Å². The molecule has 0 amide bonds. The van der Waals surface area contributed by atoms with Gasteiger partial charge >= 0.3 is 0 Å². The maximum absolute atomic E-state index is 8.66. The quantitative estimate of drug-likeness (QED) is 0.335. The van der Waals surface area contributed by atoms with Crippen LogP contribution in [-0.2, 0) is 13.6 Å². The molecular weight excluding hydrogens is 242 g/mol. The highest BCUT2D eigenvalue weighted by Gasteiger charge is 2.04. The Morgan fingerprint density at radius 1 is 1.53 bits per heavy atom. The van der Waals surface area contributed by atoms with Crippen LogP contribution in [0.3, 0.4) is 0 Å². The molecule has 6 nitrogen and oxygen atoms in total. The second kappa shape index (κ2) is 5.43. The summed E-state index contributed by atoms with van der Waals surface area (Å²) in [5, 5.41) is 19.2. The summed E-state index contributed by atoms with van der Waals surface area (Å²) < 4.78 is 1.77. The Hall–Kier alpha value is -2.50. The van der Waals surface area contributed by atoms with Gasteiger partial charge in [0.25, 0.3) is 0 Å². The molecule has 0 spiro atoms. The lowest BCUT2D eigenvalue weighted by atomic mass is 10.1. The molecule has 0 fully saturated rings. The summed E-state index contributed by atoms with van der Waals surface area (Å²) in [6.07, 6.45) is 1.93. The summed E-state index contributed by atoms with van der Waals surface area (Å²) in [6.45, 7) is 2.61. The van der Waals surface area contributed by atoms with Crippen LogP contribution < -0.4 is 11.1 Å². The van der Waals surface area contributed by atoms with E-state index >= 15 is 0 Å². The molecule has 0 saturated heterocycles. The molecule has 0 unspecified atom stereocenters. The van der Waals surface area contributed by atoms with Gasteiger partial charge in [-0.1, -0.05) is 23.4 Å². The van der Waals surface area contributed by atoms with Gasteiger partial charge in [0.15, 0.2) is 5.84 Å². The Balaban J connectivity index is 2.10. The van der Waals surface area contributed by atoms with Gasteiger partial charge in [0.05, 0.1) is 11.4 Å². The van der Waals surface area contributed by atoms with Gasteiger partial charge in [-0.05, 0) is 18.6 Å². The van der Waals surface area contributed by atoms with E-state index in [9.17, 15) is 0 Å². The van der Waals surface area contributed by atoms with Gasteiger partial charge in [0.1, 0.15) is 0 Å². The van der Waals surface area contributed by atoms with E-state index < -0.39 is 0 Å². The first kappa shape index (κ1) is 12.9. The van der Waals surface area contributed by atoms with Crippen LogP contribution in [0.1, 0.15) is 16.8 Å². The monoisotopic (exact) mass is 259 g/mol. The zero-order valence-electron chi connectivity index (χ0n) is 11.0. The molecule has 1 aromatic carbocycles.